The predicted octanol–water partition coefficient (Wildman–Crippen LogP) is 3.98. The summed E-state index contributed by atoms with van der Waals surface area (Å²) >= 11 is 0. The first-order chi connectivity index (χ1) is 17.5. The zero-order valence-electron chi connectivity index (χ0n) is 19.5. The molecule has 1 aromatic heterocycles. The van der Waals surface area contributed by atoms with E-state index in [2.05, 4.69) is 10.3 Å². The molecule has 3 aromatic carbocycles. The first-order valence-corrected chi connectivity index (χ1v) is 11.9. The van der Waals surface area contributed by atoms with E-state index in [1.54, 1.807) is 48.5 Å². The average molecular weight is 484 g/mol. The van der Waals surface area contributed by atoms with Crippen LogP contribution in [0.3, 0.4) is 0 Å². The fourth-order valence-electron chi connectivity index (χ4n) is 4.99. The second kappa shape index (κ2) is 10.1. The second-order valence-electron chi connectivity index (χ2n) is 9.06. The van der Waals surface area contributed by atoms with Crippen molar-refractivity contribution in [2.75, 3.05) is 0 Å². The number of ether oxygens (including phenoxy) is 1. The third kappa shape index (κ3) is 4.75. The summed E-state index contributed by atoms with van der Waals surface area (Å²) in [6, 6.07) is 23.5. The highest BCUT2D eigenvalue weighted by Crippen LogP contribution is 2.40. The fraction of sp³-hybridized carbons (Fsp3) is 0.250. The molecule has 1 aliphatic rings. The molecule has 1 fully saturated rings. The molecule has 0 spiro atoms. The Morgan fingerprint density at radius 3 is 2.42 bits per heavy atom. The number of hydrogen-bond acceptors (Lipinski definition) is 6. The number of fused-ring (bicyclic) bond motifs is 1. The Morgan fingerprint density at radius 1 is 0.944 bits per heavy atom. The minimum Gasteiger partial charge on any atom is -0.489 e. The van der Waals surface area contributed by atoms with E-state index in [0.29, 0.717) is 41.7 Å². The molecule has 0 saturated heterocycles. The van der Waals surface area contributed by atoms with E-state index in [-0.39, 0.29) is 17.9 Å². The minimum atomic E-state index is -1.04. The molecule has 0 amide bonds. The lowest BCUT2D eigenvalue weighted by Crippen LogP contribution is -2.34. The molecule has 3 atom stereocenters. The highest BCUT2D eigenvalue weighted by molar-refractivity contribution is 6.00. The van der Waals surface area contributed by atoms with Crippen molar-refractivity contribution in [3.63, 3.8) is 0 Å². The number of nitrogens with zero attached hydrogens (tertiary/aromatic N) is 3. The maximum absolute atomic E-state index is 13.3. The summed E-state index contributed by atoms with van der Waals surface area (Å²) in [5, 5.41) is 18.5. The lowest BCUT2D eigenvalue weighted by atomic mass is 9.84. The van der Waals surface area contributed by atoms with Gasteiger partial charge in [0.05, 0.1) is 17.8 Å². The number of carbonyl (C=O) groups is 2. The van der Waals surface area contributed by atoms with Gasteiger partial charge in [-0.25, -0.2) is 4.68 Å². The van der Waals surface area contributed by atoms with Gasteiger partial charge in [-0.05, 0) is 60.7 Å². The smallest absolute Gasteiger partial charge is 0.307 e. The number of rotatable bonds is 8. The van der Waals surface area contributed by atoms with E-state index in [4.69, 9.17) is 4.74 Å². The molecule has 0 aliphatic heterocycles. The summed E-state index contributed by atoms with van der Waals surface area (Å²) in [5.41, 5.74) is 1.66. The Morgan fingerprint density at radius 2 is 1.67 bits per heavy atom. The van der Waals surface area contributed by atoms with E-state index in [0.717, 1.165) is 5.56 Å². The van der Waals surface area contributed by atoms with Gasteiger partial charge in [0.1, 0.15) is 17.9 Å². The zero-order chi connectivity index (χ0) is 25.1. The van der Waals surface area contributed by atoms with Gasteiger partial charge in [-0.1, -0.05) is 47.7 Å². The molecule has 8 nitrogen and oxygen atoms in total. The minimum absolute atomic E-state index is 0.101. The number of carboxylic acids is 1. The van der Waals surface area contributed by atoms with Crippen molar-refractivity contribution < 1.29 is 19.4 Å². The van der Waals surface area contributed by atoms with Gasteiger partial charge in [0.15, 0.2) is 5.78 Å². The van der Waals surface area contributed by atoms with Crippen LogP contribution in [0.5, 0.6) is 5.75 Å². The highest BCUT2D eigenvalue weighted by Gasteiger charge is 2.45. The van der Waals surface area contributed by atoms with E-state index in [1.165, 1.54) is 4.68 Å². The predicted molar refractivity (Wildman–Crippen MR) is 133 cm³/mol. The summed E-state index contributed by atoms with van der Waals surface area (Å²) in [6.07, 6.45) is 0.940. The van der Waals surface area contributed by atoms with Crippen LogP contribution in [-0.4, -0.2) is 31.9 Å². The fourth-order valence-corrected chi connectivity index (χ4v) is 4.99. The third-order valence-corrected chi connectivity index (χ3v) is 6.84. The maximum atomic E-state index is 13.3. The Kier molecular flexibility index (Phi) is 6.58. The second-order valence-corrected chi connectivity index (χ2v) is 9.06. The molecule has 0 radical (unpaired) electrons. The number of hydrogen-bond donors (Lipinski definition) is 1. The van der Waals surface area contributed by atoms with Crippen molar-refractivity contribution in [3.05, 3.63) is 100 Å². The summed E-state index contributed by atoms with van der Waals surface area (Å²) in [4.78, 5) is 38.4. The number of aliphatic carboxylic acids is 1. The third-order valence-electron chi connectivity index (χ3n) is 6.84. The van der Waals surface area contributed by atoms with Crippen LogP contribution < -0.4 is 10.3 Å². The molecule has 0 unspecified atom stereocenters. The number of benzene rings is 3. The van der Waals surface area contributed by atoms with Crippen molar-refractivity contribution >= 4 is 22.7 Å². The summed E-state index contributed by atoms with van der Waals surface area (Å²) in [6.45, 7) is 0.514. The largest absolute Gasteiger partial charge is 0.489 e. The summed E-state index contributed by atoms with van der Waals surface area (Å²) in [5.74, 6) is -2.61. The lowest BCUT2D eigenvalue weighted by molar-refractivity contribution is -0.144. The van der Waals surface area contributed by atoms with Crippen molar-refractivity contribution in [1.82, 2.24) is 15.0 Å². The van der Waals surface area contributed by atoms with Crippen molar-refractivity contribution in [1.29, 1.82) is 0 Å². The molecule has 1 heterocycles. The Balaban J connectivity index is 1.29. The molecule has 4 aromatic rings. The van der Waals surface area contributed by atoms with Gasteiger partial charge >= 0.3 is 5.97 Å². The number of aromatic nitrogens is 3. The van der Waals surface area contributed by atoms with Crippen molar-refractivity contribution in [2.45, 2.75) is 26.0 Å². The first-order valence-electron chi connectivity index (χ1n) is 11.9. The van der Waals surface area contributed by atoms with E-state index in [9.17, 15) is 19.5 Å². The van der Waals surface area contributed by atoms with Crippen molar-refractivity contribution in [2.24, 2.45) is 17.8 Å². The lowest BCUT2D eigenvalue weighted by Gasteiger charge is -2.20. The first kappa shape index (κ1) is 23.4. The number of ketones is 1. The van der Waals surface area contributed by atoms with Crippen LogP contribution >= 0.6 is 0 Å². The van der Waals surface area contributed by atoms with E-state index < -0.39 is 23.7 Å². The molecule has 0 bridgehead atoms. The van der Waals surface area contributed by atoms with E-state index in [1.807, 2.05) is 30.3 Å². The van der Waals surface area contributed by atoms with Crippen LogP contribution in [-0.2, 0) is 17.9 Å². The van der Waals surface area contributed by atoms with Gasteiger partial charge in [0, 0.05) is 11.5 Å². The SMILES string of the molecule is O=C(O)[C@@H]1[C@@H](Cn2nnc3ccccc3c2=O)CC[C@H]1C(=O)c1ccc(OCc2ccccc2)cc1. The quantitative estimate of drug-likeness (QED) is 0.377. The van der Waals surface area contributed by atoms with Gasteiger partial charge in [0.2, 0.25) is 0 Å². The molecule has 8 heteroatoms. The Labute approximate surface area is 207 Å². The zero-order valence-corrected chi connectivity index (χ0v) is 19.5. The molecule has 1 saturated carbocycles. The van der Waals surface area contributed by atoms with Gasteiger partial charge < -0.3 is 9.84 Å². The van der Waals surface area contributed by atoms with Gasteiger partial charge in [-0.3, -0.25) is 14.4 Å². The molecule has 1 aliphatic carbocycles. The topological polar surface area (TPSA) is 111 Å². The monoisotopic (exact) mass is 483 g/mol. The van der Waals surface area contributed by atoms with Gasteiger partial charge in [-0.15, -0.1) is 5.10 Å². The maximum Gasteiger partial charge on any atom is 0.307 e. The van der Waals surface area contributed by atoms with Crippen LogP contribution in [0.2, 0.25) is 0 Å². The number of Topliss-reactive ketones (excluding diaryl/α,β-unsaturated/α-hetero) is 1. The van der Waals surface area contributed by atoms with Gasteiger partial charge in [0.25, 0.3) is 5.56 Å². The van der Waals surface area contributed by atoms with Crippen LogP contribution in [0.1, 0.15) is 28.8 Å². The van der Waals surface area contributed by atoms with Gasteiger partial charge in [-0.2, -0.15) is 0 Å². The van der Waals surface area contributed by atoms with Crippen LogP contribution in [0, 0.1) is 17.8 Å². The van der Waals surface area contributed by atoms with Crippen LogP contribution in [0.25, 0.3) is 10.9 Å². The average Bonchev–Trinajstić information content (AvgIpc) is 3.33. The molecular formula is C28H25N3O5. The molecule has 36 heavy (non-hydrogen) atoms. The van der Waals surface area contributed by atoms with Crippen LogP contribution in [0.4, 0.5) is 0 Å². The normalized spacial score (nSPS) is 19.3. The van der Waals surface area contributed by atoms with Crippen molar-refractivity contribution in [3.8, 4) is 5.75 Å². The molecular weight excluding hydrogens is 458 g/mol. The Hall–Kier alpha value is -4.33. The Bertz CT molecular complexity index is 1450. The van der Waals surface area contributed by atoms with E-state index >= 15 is 0 Å². The molecule has 1 N–H and O–H groups in total. The highest BCUT2D eigenvalue weighted by atomic mass is 16.5. The van der Waals surface area contributed by atoms with Crippen LogP contribution in [0.15, 0.2) is 83.7 Å². The molecule has 5 rings (SSSR count). The standard InChI is InChI=1S/C28H25N3O5/c32-26(19-10-13-21(14-11-19)36-17-18-6-2-1-3-7-18)23-15-12-20(25(23)28(34)35)16-31-27(33)22-8-4-5-9-24(22)29-30-31/h1-11,13-14,20,23,25H,12,15-17H2,(H,34,35)/t20-,23-,25-/m1/s1. The summed E-state index contributed by atoms with van der Waals surface area (Å²) in [7, 11) is 0. The summed E-state index contributed by atoms with van der Waals surface area (Å²) < 4.78 is 7.00. The number of carbonyl (C=O) groups excluding carboxylic acids is 1. The number of carboxylic acid groups (broad SMARTS) is 1. The molecule has 182 valence electrons.